The van der Waals surface area contributed by atoms with Gasteiger partial charge < -0.3 is 10.6 Å². The van der Waals surface area contributed by atoms with Gasteiger partial charge in [-0.05, 0) is 25.0 Å². The Balaban J connectivity index is 2.34. The molecule has 1 unspecified atom stereocenters. The first-order valence-corrected chi connectivity index (χ1v) is 6.35. The molecule has 2 N–H and O–H groups in total. The second-order valence-electron chi connectivity index (χ2n) is 4.16. The summed E-state index contributed by atoms with van der Waals surface area (Å²) in [6.45, 7) is 0.519. The number of nitrogens with zero attached hydrogens (tertiary/aromatic N) is 1. The monoisotopic (exact) mass is 286 g/mol. The van der Waals surface area contributed by atoms with E-state index in [-0.39, 0.29) is 21.6 Å². The summed E-state index contributed by atoms with van der Waals surface area (Å²) in [5.41, 5.74) is 5.48. The second kappa shape index (κ2) is 5.20. The van der Waals surface area contributed by atoms with Crippen molar-refractivity contribution in [2.45, 2.75) is 18.9 Å². The lowest BCUT2D eigenvalue weighted by atomic mass is 10.1. The Kier molecular flexibility index (Phi) is 3.82. The van der Waals surface area contributed by atoms with Crippen LogP contribution in [0.3, 0.4) is 0 Å². The highest BCUT2D eigenvalue weighted by atomic mass is 35.5. The zero-order chi connectivity index (χ0) is 13.3. The standard InChI is InChI=1S/C12H12ClFN2OS/c13-7-3-1-4-8(14)10(7)12(17)16-6-2-5-9(16)11(15)18/h1,3-4,9H,2,5-6H2,(H2,15,18). The Labute approximate surface area is 115 Å². The predicted molar refractivity (Wildman–Crippen MR) is 72.3 cm³/mol. The molecule has 1 aliphatic heterocycles. The fraction of sp³-hybridized carbons (Fsp3) is 0.333. The van der Waals surface area contributed by atoms with E-state index >= 15 is 0 Å². The molecule has 2 rings (SSSR count). The van der Waals surface area contributed by atoms with Crippen LogP contribution >= 0.6 is 23.8 Å². The van der Waals surface area contributed by atoms with E-state index in [4.69, 9.17) is 29.6 Å². The van der Waals surface area contributed by atoms with Gasteiger partial charge in [-0.15, -0.1) is 0 Å². The second-order valence-corrected chi connectivity index (χ2v) is 5.03. The minimum atomic E-state index is -0.624. The lowest BCUT2D eigenvalue weighted by Gasteiger charge is -2.24. The van der Waals surface area contributed by atoms with E-state index in [0.717, 1.165) is 6.42 Å². The first kappa shape index (κ1) is 13.2. The highest BCUT2D eigenvalue weighted by Crippen LogP contribution is 2.25. The topological polar surface area (TPSA) is 46.3 Å². The highest BCUT2D eigenvalue weighted by Gasteiger charge is 2.33. The van der Waals surface area contributed by atoms with Crippen molar-refractivity contribution in [2.75, 3.05) is 6.54 Å². The van der Waals surface area contributed by atoms with Gasteiger partial charge in [0.05, 0.1) is 21.6 Å². The average Bonchev–Trinajstić information content (AvgIpc) is 2.77. The molecule has 1 heterocycles. The van der Waals surface area contributed by atoms with Gasteiger partial charge >= 0.3 is 0 Å². The van der Waals surface area contributed by atoms with Crippen LogP contribution in [0.2, 0.25) is 5.02 Å². The number of halogens is 2. The fourth-order valence-electron chi connectivity index (χ4n) is 2.15. The van der Waals surface area contributed by atoms with Crippen LogP contribution in [0, 0.1) is 5.82 Å². The molecule has 18 heavy (non-hydrogen) atoms. The van der Waals surface area contributed by atoms with Crippen LogP contribution in [0.4, 0.5) is 4.39 Å². The van der Waals surface area contributed by atoms with Crippen LogP contribution in [0.5, 0.6) is 0 Å². The van der Waals surface area contributed by atoms with Gasteiger partial charge in [0.25, 0.3) is 5.91 Å². The highest BCUT2D eigenvalue weighted by molar-refractivity contribution is 7.80. The molecule has 1 atom stereocenters. The zero-order valence-electron chi connectivity index (χ0n) is 9.53. The van der Waals surface area contributed by atoms with Crippen LogP contribution in [0.1, 0.15) is 23.2 Å². The van der Waals surface area contributed by atoms with E-state index in [2.05, 4.69) is 0 Å². The lowest BCUT2D eigenvalue weighted by molar-refractivity contribution is 0.0766. The number of likely N-dealkylation sites (tertiary alicyclic amines) is 1. The molecule has 3 nitrogen and oxygen atoms in total. The summed E-state index contributed by atoms with van der Waals surface area (Å²) in [5.74, 6) is -1.07. The molecule has 0 aliphatic carbocycles. The van der Waals surface area contributed by atoms with Crippen molar-refractivity contribution in [3.63, 3.8) is 0 Å². The predicted octanol–water partition coefficient (Wildman–Crippen LogP) is 2.37. The molecule has 0 bridgehead atoms. The van der Waals surface area contributed by atoms with E-state index in [1.807, 2.05) is 0 Å². The summed E-state index contributed by atoms with van der Waals surface area (Å²) < 4.78 is 13.7. The number of amides is 1. The number of hydrogen-bond acceptors (Lipinski definition) is 2. The van der Waals surface area contributed by atoms with Crippen molar-refractivity contribution < 1.29 is 9.18 Å². The Morgan fingerprint density at radius 3 is 2.89 bits per heavy atom. The maximum atomic E-state index is 13.7. The maximum absolute atomic E-state index is 13.7. The van der Waals surface area contributed by atoms with Crippen LogP contribution in [0.15, 0.2) is 18.2 Å². The maximum Gasteiger partial charge on any atom is 0.258 e. The summed E-state index contributed by atoms with van der Waals surface area (Å²) in [4.78, 5) is 14.0. The Hall–Kier alpha value is -1.20. The largest absolute Gasteiger partial charge is 0.392 e. The summed E-state index contributed by atoms with van der Waals surface area (Å²) in [7, 11) is 0. The van der Waals surface area contributed by atoms with E-state index in [1.54, 1.807) is 0 Å². The number of rotatable bonds is 2. The van der Waals surface area contributed by atoms with Crippen molar-refractivity contribution in [2.24, 2.45) is 5.73 Å². The van der Waals surface area contributed by atoms with Crippen LogP contribution in [0.25, 0.3) is 0 Å². The van der Waals surface area contributed by atoms with E-state index < -0.39 is 11.7 Å². The van der Waals surface area contributed by atoms with Crippen LogP contribution in [-0.4, -0.2) is 28.4 Å². The lowest BCUT2D eigenvalue weighted by Crippen LogP contribution is -2.43. The van der Waals surface area contributed by atoms with Gasteiger partial charge in [0.1, 0.15) is 5.82 Å². The molecule has 1 amide bonds. The number of hydrogen-bond donors (Lipinski definition) is 1. The zero-order valence-corrected chi connectivity index (χ0v) is 11.1. The normalized spacial score (nSPS) is 19.0. The number of carbonyl (C=O) groups excluding carboxylic acids is 1. The first-order valence-electron chi connectivity index (χ1n) is 5.56. The molecule has 1 aliphatic rings. The third-order valence-corrected chi connectivity index (χ3v) is 3.61. The fourth-order valence-corrected chi connectivity index (χ4v) is 2.64. The van der Waals surface area contributed by atoms with Gasteiger partial charge in [-0.2, -0.15) is 0 Å². The Bertz CT molecular complexity index is 489. The quantitative estimate of drug-likeness (QED) is 0.849. The molecular formula is C12H12ClFN2OS. The van der Waals surface area contributed by atoms with E-state index in [1.165, 1.54) is 23.1 Å². The molecule has 1 saturated heterocycles. The molecule has 0 saturated carbocycles. The molecule has 0 spiro atoms. The molecule has 0 radical (unpaired) electrons. The summed E-state index contributed by atoms with van der Waals surface area (Å²) in [5, 5.41) is 0.105. The number of benzene rings is 1. The van der Waals surface area contributed by atoms with E-state index in [9.17, 15) is 9.18 Å². The third kappa shape index (κ3) is 2.33. The number of thiocarbonyl (C=S) groups is 1. The number of nitrogens with two attached hydrogens (primary N) is 1. The minimum absolute atomic E-state index is 0.105. The van der Waals surface area contributed by atoms with Crippen LogP contribution < -0.4 is 5.73 Å². The molecule has 6 heteroatoms. The molecule has 1 fully saturated rings. The molecule has 0 aromatic heterocycles. The van der Waals surface area contributed by atoms with Gasteiger partial charge in [0.2, 0.25) is 0 Å². The van der Waals surface area contributed by atoms with Crippen molar-refractivity contribution in [1.82, 2.24) is 4.90 Å². The summed E-state index contributed by atoms with van der Waals surface area (Å²) in [6.07, 6.45) is 1.52. The van der Waals surface area contributed by atoms with Crippen molar-refractivity contribution >= 4 is 34.7 Å². The summed E-state index contributed by atoms with van der Waals surface area (Å²) in [6, 6.07) is 3.86. The van der Waals surface area contributed by atoms with Crippen molar-refractivity contribution in [1.29, 1.82) is 0 Å². The molecule has 96 valence electrons. The molecular weight excluding hydrogens is 275 g/mol. The Morgan fingerprint density at radius 1 is 1.56 bits per heavy atom. The smallest absolute Gasteiger partial charge is 0.258 e. The van der Waals surface area contributed by atoms with Gasteiger partial charge in [-0.1, -0.05) is 29.9 Å². The van der Waals surface area contributed by atoms with E-state index in [0.29, 0.717) is 13.0 Å². The van der Waals surface area contributed by atoms with Gasteiger partial charge in [-0.3, -0.25) is 4.79 Å². The Morgan fingerprint density at radius 2 is 2.28 bits per heavy atom. The average molecular weight is 287 g/mol. The van der Waals surface area contributed by atoms with Gasteiger partial charge in [-0.25, -0.2) is 4.39 Å². The number of carbonyl (C=O) groups is 1. The SMILES string of the molecule is NC(=S)C1CCCN1C(=O)c1c(F)cccc1Cl. The van der Waals surface area contributed by atoms with Crippen molar-refractivity contribution in [3.05, 3.63) is 34.6 Å². The molecule has 1 aromatic rings. The third-order valence-electron chi connectivity index (χ3n) is 3.02. The molecule has 1 aromatic carbocycles. The van der Waals surface area contributed by atoms with Gasteiger partial charge in [0.15, 0.2) is 0 Å². The van der Waals surface area contributed by atoms with Crippen molar-refractivity contribution in [3.8, 4) is 0 Å². The minimum Gasteiger partial charge on any atom is -0.392 e. The van der Waals surface area contributed by atoms with Gasteiger partial charge in [0, 0.05) is 6.54 Å². The van der Waals surface area contributed by atoms with Crippen LogP contribution in [-0.2, 0) is 0 Å². The first-order chi connectivity index (χ1) is 8.52. The summed E-state index contributed by atoms with van der Waals surface area (Å²) >= 11 is 10.8.